The highest BCUT2D eigenvalue weighted by Gasteiger charge is 2.14. The molecule has 3 heteroatoms. The van der Waals surface area contributed by atoms with E-state index in [4.69, 9.17) is 0 Å². The first-order valence-corrected chi connectivity index (χ1v) is 5.90. The zero-order valence-corrected chi connectivity index (χ0v) is 10.8. The van der Waals surface area contributed by atoms with E-state index in [0.29, 0.717) is 12.5 Å². The van der Waals surface area contributed by atoms with E-state index in [9.17, 15) is 4.79 Å². The van der Waals surface area contributed by atoms with E-state index in [2.05, 4.69) is 21.8 Å². The normalized spacial score (nSPS) is 12.5. The number of carbonyl (C=O) groups excluding carboxylic acids is 1. The number of nitrogens with zero attached hydrogens (tertiary/aromatic N) is 1. The molecule has 3 nitrogen and oxygen atoms in total. The lowest BCUT2D eigenvalue weighted by atomic mass is 10.0. The second kappa shape index (κ2) is 7.07. The average molecular weight is 235 g/mol. The van der Waals surface area contributed by atoms with Crippen LogP contribution in [-0.2, 0) is 16.0 Å². The summed E-state index contributed by atoms with van der Waals surface area (Å²) in [6.07, 6.45) is 2.27. The summed E-state index contributed by atoms with van der Waals surface area (Å²) >= 11 is 0. The van der Waals surface area contributed by atoms with E-state index < -0.39 is 0 Å². The third kappa shape index (κ3) is 5.00. The molecule has 94 valence electrons. The number of likely N-dealkylation sites (N-methyl/N-ethyl adjacent to an activating group) is 1. The topological polar surface area (TPSA) is 29.5 Å². The molecule has 0 aromatic heterocycles. The number of benzene rings is 1. The van der Waals surface area contributed by atoms with Crippen LogP contribution < -0.4 is 0 Å². The van der Waals surface area contributed by atoms with Gasteiger partial charge in [0.1, 0.15) is 0 Å². The van der Waals surface area contributed by atoms with Crippen LogP contribution in [0.15, 0.2) is 30.3 Å². The van der Waals surface area contributed by atoms with Crippen LogP contribution in [0.25, 0.3) is 0 Å². The maximum absolute atomic E-state index is 11.2. The van der Waals surface area contributed by atoms with Gasteiger partial charge >= 0.3 is 5.97 Å². The quantitative estimate of drug-likeness (QED) is 0.707. The van der Waals surface area contributed by atoms with Gasteiger partial charge in [-0.05, 0) is 32.5 Å². The van der Waals surface area contributed by atoms with Crippen molar-refractivity contribution in [1.82, 2.24) is 4.90 Å². The van der Waals surface area contributed by atoms with E-state index in [1.54, 1.807) is 0 Å². The first kappa shape index (κ1) is 13.7. The number of methoxy groups -OCH3 is 1. The zero-order chi connectivity index (χ0) is 12.7. The minimum Gasteiger partial charge on any atom is -0.469 e. The molecule has 1 rings (SSSR count). The van der Waals surface area contributed by atoms with Gasteiger partial charge in [-0.25, -0.2) is 0 Å². The highest BCUT2D eigenvalue weighted by Crippen LogP contribution is 2.12. The Kier molecular flexibility index (Phi) is 5.70. The largest absolute Gasteiger partial charge is 0.469 e. The highest BCUT2D eigenvalue weighted by atomic mass is 16.5. The molecule has 0 saturated heterocycles. The van der Waals surface area contributed by atoms with E-state index >= 15 is 0 Å². The van der Waals surface area contributed by atoms with Crippen LogP contribution in [0.3, 0.4) is 0 Å². The molecule has 0 aliphatic carbocycles. The number of hydrogen-bond acceptors (Lipinski definition) is 3. The van der Waals surface area contributed by atoms with Crippen LogP contribution in [0.5, 0.6) is 0 Å². The molecule has 0 fully saturated rings. The predicted molar refractivity (Wildman–Crippen MR) is 68.9 cm³/mol. The van der Waals surface area contributed by atoms with Gasteiger partial charge in [0, 0.05) is 12.5 Å². The van der Waals surface area contributed by atoms with Crippen molar-refractivity contribution in [2.45, 2.75) is 25.3 Å². The number of hydrogen-bond donors (Lipinski definition) is 0. The first-order valence-electron chi connectivity index (χ1n) is 5.90. The highest BCUT2D eigenvalue weighted by molar-refractivity contribution is 5.69. The molecule has 0 bridgehead atoms. The maximum atomic E-state index is 11.2. The van der Waals surface area contributed by atoms with Gasteiger partial charge in [0.05, 0.1) is 7.11 Å². The summed E-state index contributed by atoms with van der Waals surface area (Å²) in [5, 5.41) is 0. The fraction of sp³-hybridized carbons (Fsp3) is 0.500. The van der Waals surface area contributed by atoms with Crippen molar-refractivity contribution < 1.29 is 9.53 Å². The Morgan fingerprint density at radius 3 is 2.47 bits per heavy atom. The molecule has 0 heterocycles. The van der Waals surface area contributed by atoms with Gasteiger partial charge < -0.3 is 9.64 Å². The molecule has 1 atom stereocenters. The monoisotopic (exact) mass is 235 g/mol. The minimum absolute atomic E-state index is 0.134. The van der Waals surface area contributed by atoms with Crippen LogP contribution in [0, 0.1) is 0 Å². The van der Waals surface area contributed by atoms with E-state index in [1.165, 1.54) is 12.7 Å². The summed E-state index contributed by atoms with van der Waals surface area (Å²) in [6.45, 7) is 0. The molecular formula is C14H21NO2. The van der Waals surface area contributed by atoms with Gasteiger partial charge in [0.15, 0.2) is 0 Å². The molecule has 0 amide bonds. The van der Waals surface area contributed by atoms with Crippen LogP contribution in [-0.4, -0.2) is 38.1 Å². The lowest BCUT2D eigenvalue weighted by Crippen LogP contribution is -2.30. The predicted octanol–water partition coefficient (Wildman–Crippen LogP) is 2.11. The van der Waals surface area contributed by atoms with Crippen LogP contribution in [0.1, 0.15) is 18.4 Å². The molecular weight excluding hydrogens is 214 g/mol. The SMILES string of the molecule is COC(=O)CCC(Cc1ccccc1)N(C)C. The Labute approximate surface area is 103 Å². The van der Waals surface area contributed by atoms with Gasteiger partial charge in [-0.3, -0.25) is 4.79 Å². The smallest absolute Gasteiger partial charge is 0.305 e. The van der Waals surface area contributed by atoms with Crippen molar-refractivity contribution in [2.75, 3.05) is 21.2 Å². The summed E-state index contributed by atoms with van der Waals surface area (Å²) in [4.78, 5) is 13.3. The summed E-state index contributed by atoms with van der Waals surface area (Å²) in [5.41, 5.74) is 1.30. The fourth-order valence-corrected chi connectivity index (χ4v) is 1.82. The zero-order valence-electron chi connectivity index (χ0n) is 10.8. The van der Waals surface area contributed by atoms with Crippen LogP contribution in [0.2, 0.25) is 0 Å². The summed E-state index contributed by atoms with van der Waals surface area (Å²) in [6, 6.07) is 10.7. The summed E-state index contributed by atoms with van der Waals surface area (Å²) in [7, 11) is 5.53. The lowest BCUT2D eigenvalue weighted by Gasteiger charge is -2.24. The Bertz CT molecular complexity index is 335. The van der Waals surface area contributed by atoms with Crippen molar-refractivity contribution in [3.05, 3.63) is 35.9 Å². The first-order chi connectivity index (χ1) is 8.13. The lowest BCUT2D eigenvalue weighted by molar-refractivity contribution is -0.140. The molecule has 1 aromatic carbocycles. The third-order valence-corrected chi connectivity index (χ3v) is 2.95. The fourth-order valence-electron chi connectivity index (χ4n) is 1.82. The number of ether oxygens (including phenoxy) is 1. The second-order valence-electron chi connectivity index (χ2n) is 4.42. The van der Waals surface area contributed by atoms with Crippen molar-refractivity contribution in [3.8, 4) is 0 Å². The maximum Gasteiger partial charge on any atom is 0.305 e. The molecule has 1 aromatic rings. The molecule has 0 aliphatic heterocycles. The van der Waals surface area contributed by atoms with E-state index in [0.717, 1.165) is 12.8 Å². The molecule has 1 unspecified atom stereocenters. The standard InChI is InChI=1S/C14H21NO2/c1-15(2)13(9-10-14(16)17-3)11-12-7-5-4-6-8-12/h4-8,13H,9-11H2,1-3H3. The number of rotatable bonds is 6. The molecule has 0 radical (unpaired) electrons. The van der Waals surface area contributed by atoms with Crippen molar-refractivity contribution in [2.24, 2.45) is 0 Å². The number of esters is 1. The molecule has 0 saturated carbocycles. The van der Waals surface area contributed by atoms with Crippen LogP contribution in [0.4, 0.5) is 0 Å². The van der Waals surface area contributed by atoms with Crippen LogP contribution >= 0.6 is 0 Å². The Hall–Kier alpha value is -1.35. The van der Waals surface area contributed by atoms with Gasteiger partial charge in [-0.1, -0.05) is 30.3 Å². The van der Waals surface area contributed by atoms with Crippen molar-refractivity contribution >= 4 is 5.97 Å². The summed E-state index contributed by atoms with van der Waals surface area (Å²) < 4.78 is 4.67. The minimum atomic E-state index is -0.134. The second-order valence-corrected chi connectivity index (χ2v) is 4.42. The Morgan fingerprint density at radius 2 is 1.94 bits per heavy atom. The van der Waals surface area contributed by atoms with Gasteiger partial charge in [0.2, 0.25) is 0 Å². The van der Waals surface area contributed by atoms with Gasteiger partial charge in [-0.15, -0.1) is 0 Å². The van der Waals surface area contributed by atoms with Crippen molar-refractivity contribution in [1.29, 1.82) is 0 Å². The van der Waals surface area contributed by atoms with E-state index in [-0.39, 0.29) is 5.97 Å². The molecule has 17 heavy (non-hydrogen) atoms. The average Bonchev–Trinajstić information content (AvgIpc) is 2.34. The molecule has 0 spiro atoms. The van der Waals surface area contributed by atoms with Crippen molar-refractivity contribution in [3.63, 3.8) is 0 Å². The third-order valence-electron chi connectivity index (χ3n) is 2.95. The molecule has 0 aliphatic rings. The Morgan fingerprint density at radius 1 is 1.29 bits per heavy atom. The van der Waals surface area contributed by atoms with E-state index in [1.807, 2.05) is 32.3 Å². The van der Waals surface area contributed by atoms with Gasteiger partial charge in [0.25, 0.3) is 0 Å². The molecule has 0 N–H and O–H groups in total. The summed E-state index contributed by atoms with van der Waals surface area (Å²) in [5.74, 6) is -0.134. The van der Waals surface area contributed by atoms with Gasteiger partial charge in [-0.2, -0.15) is 0 Å². The Balaban J connectivity index is 2.52. The number of carbonyl (C=O) groups is 1.